The van der Waals surface area contributed by atoms with Gasteiger partial charge in [0.05, 0.1) is 12.3 Å². The van der Waals surface area contributed by atoms with Crippen molar-refractivity contribution in [2.75, 3.05) is 12.3 Å². The fraction of sp³-hybridized carbons (Fsp3) is 0.250. The van der Waals surface area contributed by atoms with E-state index >= 15 is 0 Å². The van der Waals surface area contributed by atoms with Gasteiger partial charge in [-0.2, -0.15) is 0 Å². The third kappa shape index (κ3) is 5.61. The molecule has 0 radical (unpaired) electrons. The topological polar surface area (TPSA) is 29.1 Å². The van der Waals surface area contributed by atoms with Crippen LogP contribution >= 0.6 is 39.3 Å². The van der Waals surface area contributed by atoms with Crippen molar-refractivity contribution in [2.45, 2.75) is 11.8 Å². The van der Waals surface area contributed by atoms with Crippen LogP contribution in [-0.4, -0.2) is 18.2 Å². The molecule has 0 bridgehead atoms. The molecular weight excluding hydrogens is 322 g/mol. The quantitative estimate of drug-likeness (QED) is 0.832. The van der Waals surface area contributed by atoms with Gasteiger partial charge in [-0.15, -0.1) is 11.8 Å². The Hall–Kier alpha value is -0.450. The van der Waals surface area contributed by atoms with Crippen LogP contribution < -0.4 is 5.32 Å². The molecule has 0 aliphatic carbocycles. The Morgan fingerprint density at radius 1 is 1.59 bits per heavy atom. The number of nitrogens with one attached hydrogen (secondary N) is 1. The lowest BCUT2D eigenvalue weighted by Crippen LogP contribution is -2.26. The van der Waals surface area contributed by atoms with Crippen LogP contribution in [0.1, 0.15) is 5.56 Å². The Bertz CT molecular complexity index is 437. The number of carbonyl (C=O) groups is 1. The molecule has 0 fully saturated rings. The Balaban J connectivity index is 2.44. The molecule has 1 rings (SSSR count). The molecular formula is C12H13BrClNOS. The number of benzene rings is 1. The normalized spacial score (nSPS) is 10.1. The highest BCUT2D eigenvalue weighted by Crippen LogP contribution is 2.24. The van der Waals surface area contributed by atoms with E-state index in [1.165, 1.54) is 11.8 Å². The maximum atomic E-state index is 11.5. The highest BCUT2D eigenvalue weighted by Gasteiger charge is 2.05. The molecule has 0 saturated heterocycles. The average molecular weight is 335 g/mol. The number of halogens is 2. The van der Waals surface area contributed by atoms with E-state index in [1.807, 2.05) is 25.1 Å². The van der Waals surface area contributed by atoms with Gasteiger partial charge < -0.3 is 5.32 Å². The summed E-state index contributed by atoms with van der Waals surface area (Å²) in [6.45, 7) is 5.85. The summed E-state index contributed by atoms with van der Waals surface area (Å²) in [7, 11) is 0. The highest BCUT2D eigenvalue weighted by atomic mass is 79.9. The van der Waals surface area contributed by atoms with Gasteiger partial charge in [-0.3, -0.25) is 4.79 Å². The van der Waals surface area contributed by atoms with Gasteiger partial charge in [-0.25, -0.2) is 0 Å². The van der Waals surface area contributed by atoms with Crippen LogP contribution in [0.3, 0.4) is 0 Å². The molecule has 0 heterocycles. The second-order valence-electron chi connectivity index (χ2n) is 3.49. The molecule has 0 spiro atoms. The molecule has 0 saturated carbocycles. The van der Waals surface area contributed by atoms with Gasteiger partial charge in [0.2, 0.25) is 5.91 Å². The van der Waals surface area contributed by atoms with Gasteiger partial charge in [-0.05, 0) is 30.7 Å². The van der Waals surface area contributed by atoms with Crippen molar-refractivity contribution in [1.29, 1.82) is 0 Å². The molecule has 0 atom stereocenters. The summed E-state index contributed by atoms with van der Waals surface area (Å²) >= 11 is 10.5. The van der Waals surface area contributed by atoms with Gasteiger partial charge >= 0.3 is 0 Å². The van der Waals surface area contributed by atoms with E-state index in [1.54, 1.807) is 0 Å². The molecule has 92 valence electrons. The minimum Gasteiger partial charge on any atom is -0.350 e. The number of hydrogen-bond donors (Lipinski definition) is 1. The predicted octanol–water partition coefficient (Wildman–Crippen LogP) is 3.72. The maximum absolute atomic E-state index is 11.5. The van der Waals surface area contributed by atoms with Gasteiger partial charge in [-0.1, -0.05) is 34.1 Å². The number of hydrogen-bond acceptors (Lipinski definition) is 2. The van der Waals surface area contributed by atoms with E-state index in [-0.39, 0.29) is 5.91 Å². The number of carbonyl (C=O) groups excluding carboxylic acids is 1. The van der Waals surface area contributed by atoms with Crippen molar-refractivity contribution >= 4 is 45.2 Å². The zero-order valence-corrected chi connectivity index (χ0v) is 12.6. The molecule has 17 heavy (non-hydrogen) atoms. The van der Waals surface area contributed by atoms with E-state index in [2.05, 4.69) is 27.8 Å². The maximum Gasteiger partial charge on any atom is 0.230 e. The summed E-state index contributed by atoms with van der Waals surface area (Å²) in [5.74, 6) is 0.339. The van der Waals surface area contributed by atoms with Crippen LogP contribution in [0.15, 0.2) is 39.2 Å². The largest absolute Gasteiger partial charge is 0.350 e. The number of amides is 1. The van der Waals surface area contributed by atoms with Crippen molar-refractivity contribution in [3.63, 3.8) is 0 Å². The zero-order chi connectivity index (χ0) is 12.8. The molecule has 0 aliphatic heterocycles. The van der Waals surface area contributed by atoms with E-state index in [0.29, 0.717) is 17.3 Å². The molecule has 0 aliphatic rings. The smallest absolute Gasteiger partial charge is 0.230 e. The van der Waals surface area contributed by atoms with Crippen molar-refractivity contribution < 1.29 is 4.79 Å². The van der Waals surface area contributed by atoms with Crippen molar-refractivity contribution in [1.82, 2.24) is 5.32 Å². The first-order valence-electron chi connectivity index (χ1n) is 4.98. The second-order valence-corrected chi connectivity index (χ2v) is 5.96. The lowest BCUT2D eigenvalue weighted by Gasteiger charge is -2.06. The molecule has 1 N–H and O–H groups in total. The van der Waals surface area contributed by atoms with Crippen molar-refractivity contribution in [2.24, 2.45) is 0 Å². The highest BCUT2D eigenvalue weighted by molar-refractivity contribution is 9.10. The number of aryl methyl sites for hydroxylation is 1. The standard InChI is InChI=1S/C12H13BrClNOS/c1-8-5-10(13)3-4-11(8)17-7-12(16)15-6-9(2)14/h3-5H,2,6-7H2,1H3,(H,15,16). The number of rotatable bonds is 5. The fourth-order valence-corrected chi connectivity index (χ4v) is 2.55. The van der Waals surface area contributed by atoms with Crippen LogP contribution in [0.25, 0.3) is 0 Å². The SMILES string of the molecule is C=C(Cl)CNC(=O)CSc1ccc(Br)cc1C. The van der Waals surface area contributed by atoms with Gasteiger partial charge in [0.15, 0.2) is 0 Å². The second kappa shape index (κ2) is 7.09. The van der Waals surface area contributed by atoms with E-state index in [4.69, 9.17) is 11.6 Å². The van der Waals surface area contributed by atoms with Crippen LogP contribution in [0, 0.1) is 6.92 Å². The summed E-state index contributed by atoms with van der Waals surface area (Å²) in [4.78, 5) is 12.6. The van der Waals surface area contributed by atoms with Crippen molar-refractivity contribution in [3.05, 3.63) is 39.8 Å². The Kier molecular flexibility index (Phi) is 6.09. The van der Waals surface area contributed by atoms with Gasteiger partial charge in [0.25, 0.3) is 0 Å². The lowest BCUT2D eigenvalue weighted by atomic mass is 10.2. The van der Waals surface area contributed by atoms with E-state index < -0.39 is 0 Å². The molecule has 0 unspecified atom stereocenters. The monoisotopic (exact) mass is 333 g/mol. The summed E-state index contributed by atoms with van der Waals surface area (Å²) in [5.41, 5.74) is 1.15. The van der Waals surface area contributed by atoms with E-state index in [0.717, 1.165) is 14.9 Å². The van der Waals surface area contributed by atoms with Crippen LogP contribution in [0.5, 0.6) is 0 Å². The minimum atomic E-state index is -0.0425. The molecule has 1 aromatic rings. The van der Waals surface area contributed by atoms with Gasteiger partial charge in [0.1, 0.15) is 0 Å². The first kappa shape index (κ1) is 14.6. The third-order valence-corrected chi connectivity index (χ3v) is 3.78. The van der Waals surface area contributed by atoms with Crippen molar-refractivity contribution in [3.8, 4) is 0 Å². The lowest BCUT2D eigenvalue weighted by molar-refractivity contribution is -0.118. The molecule has 0 aromatic heterocycles. The minimum absolute atomic E-state index is 0.0425. The Morgan fingerprint density at radius 2 is 2.29 bits per heavy atom. The van der Waals surface area contributed by atoms with Crippen LogP contribution in [-0.2, 0) is 4.79 Å². The molecule has 2 nitrogen and oxygen atoms in total. The number of thioether (sulfide) groups is 1. The third-order valence-electron chi connectivity index (χ3n) is 1.97. The summed E-state index contributed by atoms with van der Waals surface area (Å²) in [6.07, 6.45) is 0. The predicted molar refractivity (Wildman–Crippen MR) is 77.6 cm³/mol. The van der Waals surface area contributed by atoms with Crippen LogP contribution in [0.2, 0.25) is 0 Å². The molecule has 5 heteroatoms. The fourth-order valence-electron chi connectivity index (χ4n) is 1.16. The molecule has 1 amide bonds. The Morgan fingerprint density at radius 3 is 2.88 bits per heavy atom. The first-order valence-corrected chi connectivity index (χ1v) is 7.13. The summed E-state index contributed by atoms with van der Waals surface area (Å²) < 4.78 is 1.04. The van der Waals surface area contributed by atoms with Gasteiger partial charge in [0, 0.05) is 14.4 Å². The molecule has 1 aromatic carbocycles. The van der Waals surface area contributed by atoms with Crippen LogP contribution in [0.4, 0.5) is 0 Å². The average Bonchev–Trinajstić information content (AvgIpc) is 2.25. The summed E-state index contributed by atoms with van der Waals surface area (Å²) in [5, 5.41) is 3.12. The first-order chi connectivity index (χ1) is 7.99. The Labute approximate surface area is 119 Å². The summed E-state index contributed by atoms with van der Waals surface area (Å²) in [6, 6.07) is 5.99. The zero-order valence-electron chi connectivity index (χ0n) is 9.43. The van der Waals surface area contributed by atoms with E-state index in [9.17, 15) is 4.79 Å².